The van der Waals surface area contributed by atoms with E-state index in [1.54, 1.807) is 12.1 Å². The van der Waals surface area contributed by atoms with E-state index in [1.807, 2.05) is 12.1 Å². The predicted octanol–water partition coefficient (Wildman–Crippen LogP) is 5.46. The number of esters is 1. The molecule has 0 saturated carbocycles. The molecule has 1 aliphatic carbocycles. The van der Waals surface area contributed by atoms with Crippen LogP contribution >= 0.6 is 0 Å². The molecule has 1 aliphatic rings. The molecule has 0 N–H and O–H groups in total. The molecule has 25 heavy (non-hydrogen) atoms. The van der Waals surface area contributed by atoms with E-state index in [0.717, 1.165) is 11.1 Å². The average molecular weight is 334 g/mol. The summed E-state index contributed by atoms with van der Waals surface area (Å²) in [6.07, 6.45) is 3.65. The van der Waals surface area contributed by atoms with Crippen LogP contribution in [0, 0.1) is 6.92 Å². The van der Waals surface area contributed by atoms with E-state index in [1.165, 1.54) is 48.6 Å². The molecular formula is C23H26O2. The first-order valence-electron chi connectivity index (χ1n) is 8.85. The fourth-order valence-corrected chi connectivity index (χ4v) is 3.87. The number of fused-ring (bicyclic) bond motifs is 1. The molecule has 0 spiro atoms. The Morgan fingerprint density at radius 2 is 1.76 bits per heavy atom. The van der Waals surface area contributed by atoms with Crippen molar-refractivity contribution in [3.8, 4) is 0 Å². The van der Waals surface area contributed by atoms with E-state index in [4.69, 9.17) is 4.74 Å². The van der Waals surface area contributed by atoms with Crippen LogP contribution in [0.15, 0.2) is 43.0 Å². The van der Waals surface area contributed by atoms with Crippen molar-refractivity contribution in [1.29, 1.82) is 0 Å². The van der Waals surface area contributed by atoms with Crippen LogP contribution in [0.4, 0.5) is 0 Å². The molecular weight excluding hydrogens is 308 g/mol. The normalized spacial score (nSPS) is 15.4. The Bertz CT molecular complexity index is 826. The monoisotopic (exact) mass is 334 g/mol. The molecule has 0 atom stereocenters. The molecule has 0 heterocycles. The molecule has 2 aromatic rings. The molecule has 0 unspecified atom stereocenters. The highest BCUT2D eigenvalue weighted by Gasteiger charge is 2.28. The summed E-state index contributed by atoms with van der Waals surface area (Å²) in [5, 5.41) is 0. The van der Waals surface area contributed by atoms with Crippen LogP contribution in [0.2, 0.25) is 0 Å². The largest absolute Gasteiger partial charge is 0.465 e. The van der Waals surface area contributed by atoms with Gasteiger partial charge in [-0.3, -0.25) is 0 Å². The van der Waals surface area contributed by atoms with Gasteiger partial charge in [-0.25, -0.2) is 4.79 Å². The number of hydrogen-bond donors (Lipinski definition) is 0. The van der Waals surface area contributed by atoms with Gasteiger partial charge in [0.05, 0.1) is 12.7 Å². The Kier molecular flexibility index (Phi) is 4.55. The van der Waals surface area contributed by atoms with Gasteiger partial charge in [-0.2, -0.15) is 0 Å². The lowest BCUT2D eigenvalue weighted by Gasteiger charge is -2.33. The minimum absolute atomic E-state index is 0.213. The first kappa shape index (κ1) is 17.5. The molecule has 0 amide bonds. The van der Waals surface area contributed by atoms with Crippen molar-refractivity contribution >= 4 is 11.5 Å². The van der Waals surface area contributed by atoms with Gasteiger partial charge in [0.1, 0.15) is 0 Å². The molecule has 2 aromatic carbocycles. The lowest BCUT2D eigenvalue weighted by Crippen LogP contribution is -2.24. The standard InChI is InChI=1S/C23H26O2/c1-15-13-19-7-6-12-23(3,4)21(19)14-20(15)16(2)17-8-10-18(11-9-17)22(24)25-5/h8-11,13-14H,2,6-7,12H2,1,3-5H3. The third-order valence-electron chi connectivity index (χ3n) is 5.41. The summed E-state index contributed by atoms with van der Waals surface area (Å²) < 4.78 is 4.76. The first-order valence-corrected chi connectivity index (χ1v) is 8.85. The third kappa shape index (κ3) is 3.26. The van der Waals surface area contributed by atoms with Crippen LogP contribution in [0.5, 0.6) is 0 Å². The highest BCUT2D eigenvalue weighted by Crippen LogP contribution is 2.39. The highest BCUT2D eigenvalue weighted by atomic mass is 16.5. The summed E-state index contributed by atoms with van der Waals surface area (Å²) in [6.45, 7) is 11.2. The van der Waals surface area contributed by atoms with Gasteiger partial charge in [0, 0.05) is 0 Å². The Morgan fingerprint density at radius 1 is 1.12 bits per heavy atom. The van der Waals surface area contributed by atoms with E-state index in [9.17, 15) is 4.79 Å². The molecule has 0 saturated heterocycles. The second-order valence-corrected chi connectivity index (χ2v) is 7.61. The number of aryl methyl sites for hydroxylation is 2. The minimum Gasteiger partial charge on any atom is -0.465 e. The lowest BCUT2D eigenvalue weighted by atomic mass is 9.71. The molecule has 0 fully saturated rings. The van der Waals surface area contributed by atoms with E-state index in [-0.39, 0.29) is 11.4 Å². The van der Waals surface area contributed by atoms with Crippen molar-refractivity contribution in [3.05, 3.63) is 76.4 Å². The molecule has 2 nitrogen and oxygen atoms in total. The van der Waals surface area contributed by atoms with E-state index in [2.05, 4.69) is 39.5 Å². The number of hydrogen-bond acceptors (Lipinski definition) is 2. The number of benzene rings is 2. The summed E-state index contributed by atoms with van der Waals surface area (Å²) in [7, 11) is 1.40. The third-order valence-corrected chi connectivity index (χ3v) is 5.41. The molecule has 0 aromatic heterocycles. The molecule has 0 bridgehead atoms. The second kappa shape index (κ2) is 6.51. The van der Waals surface area contributed by atoms with Crippen LogP contribution < -0.4 is 0 Å². The molecule has 3 rings (SSSR count). The van der Waals surface area contributed by atoms with Crippen molar-refractivity contribution in [3.63, 3.8) is 0 Å². The van der Waals surface area contributed by atoms with E-state index >= 15 is 0 Å². The van der Waals surface area contributed by atoms with Crippen LogP contribution in [-0.2, 0) is 16.6 Å². The summed E-state index contributed by atoms with van der Waals surface area (Å²) in [4.78, 5) is 11.6. The van der Waals surface area contributed by atoms with Gasteiger partial charge < -0.3 is 4.74 Å². The lowest BCUT2D eigenvalue weighted by molar-refractivity contribution is 0.0600. The Morgan fingerprint density at radius 3 is 2.40 bits per heavy atom. The van der Waals surface area contributed by atoms with E-state index < -0.39 is 0 Å². The average Bonchev–Trinajstić information content (AvgIpc) is 2.60. The topological polar surface area (TPSA) is 26.3 Å². The zero-order valence-electron chi connectivity index (χ0n) is 15.6. The Labute approximate surface area is 150 Å². The van der Waals surface area contributed by atoms with Gasteiger partial charge in [0.15, 0.2) is 0 Å². The molecule has 0 aliphatic heterocycles. The maximum atomic E-state index is 11.6. The fourth-order valence-electron chi connectivity index (χ4n) is 3.87. The van der Waals surface area contributed by atoms with Gasteiger partial charge in [-0.05, 0) is 77.1 Å². The zero-order valence-corrected chi connectivity index (χ0v) is 15.6. The SMILES string of the molecule is C=C(c1ccc(C(=O)OC)cc1)c1cc2c(cc1C)CCCC2(C)C. The molecule has 130 valence electrons. The van der Waals surface area contributed by atoms with Crippen molar-refractivity contribution in [2.45, 2.75) is 45.4 Å². The highest BCUT2D eigenvalue weighted by molar-refractivity contribution is 5.90. The number of carbonyl (C=O) groups excluding carboxylic acids is 1. The van der Waals surface area contributed by atoms with Gasteiger partial charge in [0.25, 0.3) is 0 Å². The molecule has 0 radical (unpaired) electrons. The van der Waals surface area contributed by atoms with E-state index in [0.29, 0.717) is 5.56 Å². The number of ether oxygens (including phenoxy) is 1. The summed E-state index contributed by atoms with van der Waals surface area (Å²) in [5.74, 6) is -0.316. The predicted molar refractivity (Wildman–Crippen MR) is 103 cm³/mol. The first-order chi connectivity index (χ1) is 11.8. The van der Waals surface area contributed by atoms with Crippen molar-refractivity contribution in [1.82, 2.24) is 0 Å². The molecule has 2 heteroatoms. The van der Waals surface area contributed by atoms with Crippen molar-refractivity contribution in [2.24, 2.45) is 0 Å². The smallest absolute Gasteiger partial charge is 0.337 e. The zero-order chi connectivity index (χ0) is 18.2. The van der Waals surface area contributed by atoms with Crippen molar-refractivity contribution in [2.75, 3.05) is 7.11 Å². The quantitative estimate of drug-likeness (QED) is 0.697. The maximum Gasteiger partial charge on any atom is 0.337 e. The summed E-state index contributed by atoms with van der Waals surface area (Å²) >= 11 is 0. The van der Waals surface area contributed by atoms with Gasteiger partial charge >= 0.3 is 5.97 Å². The van der Waals surface area contributed by atoms with Gasteiger partial charge in [-0.1, -0.05) is 44.7 Å². The fraction of sp³-hybridized carbons (Fsp3) is 0.348. The Balaban J connectivity index is 1.99. The van der Waals surface area contributed by atoms with Crippen LogP contribution in [0.1, 0.15) is 64.9 Å². The second-order valence-electron chi connectivity index (χ2n) is 7.61. The van der Waals surface area contributed by atoms with Gasteiger partial charge in [-0.15, -0.1) is 0 Å². The Hall–Kier alpha value is -2.35. The number of carbonyl (C=O) groups is 1. The number of rotatable bonds is 3. The number of methoxy groups -OCH3 is 1. The van der Waals surface area contributed by atoms with Gasteiger partial charge in [0.2, 0.25) is 0 Å². The summed E-state index contributed by atoms with van der Waals surface area (Å²) in [5.41, 5.74) is 8.19. The van der Waals surface area contributed by atoms with Crippen molar-refractivity contribution < 1.29 is 9.53 Å². The van der Waals surface area contributed by atoms with Crippen LogP contribution in [0.3, 0.4) is 0 Å². The van der Waals surface area contributed by atoms with Crippen LogP contribution in [-0.4, -0.2) is 13.1 Å². The van der Waals surface area contributed by atoms with Crippen LogP contribution in [0.25, 0.3) is 5.57 Å². The maximum absolute atomic E-state index is 11.6. The minimum atomic E-state index is -0.316. The summed E-state index contributed by atoms with van der Waals surface area (Å²) in [6, 6.07) is 12.1.